The van der Waals surface area contributed by atoms with Crippen LogP contribution in [-0.2, 0) is 0 Å². The topological polar surface area (TPSA) is 56.2 Å². The van der Waals surface area contributed by atoms with Crippen molar-refractivity contribution < 1.29 is 9.53 Å². The molecule has 0 atom stereocenters. The van der Waals surface area contributed by atoms with Crippen LogP contribution in [0.15, 0.2) is 60.8 Å². The minimum atomic E-state index is -0.0862. The van der Waals surface area contributed by atoms with E-state index in [0.29, 0.717) is 17.2 Å². The van der Waals surface area contributed by atoms with E-state index in [4.69, 9.17) is 9.84 Å². The Labute approximate surface area is 152 Å². The van der Waals surface area contributed by atoms with E-state index in [1.165, 1.54) is 12.8 Å². The summed E-state index contributed by atoms with van der Waals surface area (Å²) >= 11 is 0. The Morgan fingerprint density at radius 3 is 2.73 bits per heavy atom. The molecule has 132 valence electrons. The van der Waals surface area contributed by atoms with E-state index in [-0.39, 0.29) is 5.91 Å². The molecule has 1 fully saturated rings. The van der Waals surface area contributed by atoms with Gasteiger partial charge < -0.3 is 10.1 Å². The maximum absolute atomic E-state index is 12.8. The number of nitrogens with one attached hydrogen (secondary N) is 1. The van der Waals surface area contributed by atoms with Crippen molar-refractivity contribution >= 4 is 5.91 Å². The van der Waals surface area contributed by atoms with Gasteiger partial charge in [-0.25, -0.2) is 4.68 Å². The van der Waals surface area contributed by atoms with Gasteiger partial charge in [0.1, 0.15) is 11.4 Å². The van der Waals surface area contributed by atoms with Crippen molar-refractivity contribution in [1.29, 1.82) is 0 Å². The minimum absolute atomic E-state index is 0.0862. The van der Waals surface area contributed by atoms with Crippen LogP contribution in [0.1, 0.15) is 23.2 Å². The van der Waals surface area contributed by atoms with Gasteiger partial charge in [0, 0.05) is 18.3 Å². The molecule has 1 aliphatic rings. The average Bonchev–Trinajstić information content (AvgIpc) is 3.42. The fourth-order valence-corrected chi connectivity index (χ4v) is 2.89. The summed E-state index contributed by atoms with van der Waals surface area (Å²) in [6, 6.07) is 17.4. The van der Waals surface area contributed by atoms with E-state index in [1.54, 1.807) is 18.0 Å². The van der Waals surface area contributed by atoms with E-state index in [9.17, 15) is 4.79 Å². The molecule has 3 aromatic rings. The molecule has 0 aliphatic heterocycles. The van der Waals surface area contributed by atoms with Gasteiger partial charge in [-0.05, 0) is 43.0 Å². The first-order valence-corrected chi connectivity index (χ1v) is 8.82. The van der Waals surface area contributed by atoms with Crippen LogP contribution in [0.5, 0.6) is 5.75 Å². The number of hydrogen-bond donors (Lipinski definition) is 1. The average molecular weight is 347 g/mol. The van der Waals surface area contributed by atoms with Crippen LogP contribution < -0.4 is 10.1 Å². The Morgan fingerprint density at radius 1 is 1.19 bits per heavy atom. The van der Waals surface area contributed by atoms with E-state index in [0.717, 1.165) is 23.5 Å². The zero-order valence-corrected chi connectivity index (χ0v) is 14.7. The van der Waals surface area contributed by atoms with Gasteiger partial charge in [-0.1, -0.05) is 30.3 Å². The van der Waals surface area contributed by atoms with Crippen molar-refractivity contribution in [3.8, 4) is 22.7 Å². The summed E-state index contributed by atoms with van der Waals surface area (Å²) in [4.78, 5) is 12.8. The van der Waals surface area contributed by atoms with Crippen molar-refractivity contribution in [2.24, 2.45) is 5.92 Å². The Balaban J connectivity index is 1.73. The summed E-state index contributed by atoms with van der Waals surface area (Å²) < 4.78 is 7.07. The highest BCUT2D eigenvalue weighted by atomic mass is 16.5. The molecule has 1 N–H and O–H groups in total. The molecule has 1 heterocycles. The van der Waals surface area contributed by atoms with Crippen LogP contribution >= 0.6 is 0 Å². The van der Waals surface area contributed by atoms with Crippen LogP contribution in [0.2, 0.25) is 0 Å². The normalized spacial score (nSPS) is 13.4. The Bertz CT molecular complexity index is 914. The molecular formula is C21H21N3O2. The maximum atomic E-state index is 12.8. The molecule has 0 unspecified atom stereocenters. The second-order valence-electron chi connectivity index (χ2n) is 6.56. The highest BCUT2D eigenvalue weighted by Gasteiger charge is 2.24. The molecule has 1 saturated carbocycles. The second kappa shape index (κ2) is 7.04. The molecule has 0 radical (unpaired) electrons. The van der Waals surface area contributed by atoms with E-state index < -0.39 is 0 Å². The lowest BCUT2D eigenvalue weighted by atomic mass is 10.1. The molecule has 0 spiro atoms. The lowest BCUT2D eigenvalue weighted by molar-refractivity contribution is 0.0952. The summed E-state index contributed by atoms with van der Waals surface area (Å²) in [5.41, 5.74) is 3.00. The van der Waals surface area contributed by atoms with Crippen LogP contribution in [0.4, 0.5) is 0 Å². The van der Waals surface area contributed by atoms with Crippen LogP contribution in [-0.4, -0.2) is 29.3 Å². The Kier molecular flexibility index (Phi) is 4.44. The standard InChI is InChI=1S/C21H21N3O2/c1-26-18-9-5-6-16(12-18)20-19(21(25)22-13-15-10-11-15)14-24(23-20)17-7-3-2-4-8-17/h2-9,12,14-15H,10-11,13H2,1H3,(H,22,25). The number of hydrogen-bond acceptors (Lipinski definition) is 3. The van der Waals surface area contributed by atoms with Gasteiger partial charge in [0.15, 0.2) is 0 Å². The second-order valence-corrected chi connectivity index (χ2v) is 6.56. The number of benzene rings is 2. The monoisotopic (exact) mass is 347 g/mol. The molecule has 2 aromatic carbocycles. The number of carbonyl (C=O) groups is 1. The van der Waals surface area contributed by atoms with E-state index in [2.05, 4.69) is 5.32 Å². The van der Waals surface area contributed by atoms with E-state index in [1.807, 2.05) is 54.6 Å². The number of aromatic nitrogens is 2. The zero-order chi connectivity index (χ0) is 17.9. The van der Waals surface area contributed by atoms with Crippen molar-refractivity contribution in [1.82, 2.24) is 15.1 Å². The highest BCUT2D eigenvalue weighted by molar-refractivity contribution is 6.00. The van der Waals surface area contributed by atoms with Crippen molar-refractivity contribution in [3.05, 3.63) is 66.4 Å². The number of methoxy groups -OCH3 is 1. The van der Waals surface area contributed by atoms with Gasteiger partial charge in [0.25, 0.3) is 5.91 Å². The number of rotatable bonds is 6. The highest BCUT2D eigenvalue weighted by Crippen LogP contribution is 2.29. The fraction of sp³-hybridized carbons (Fsp3) is 0.238. The molecule has 1 aliphatic carbocycles. The predicted octanol–water partition coefficient (Wildman–Crippen LogP) is 3.69. The molecule has 0 saturated heterocycles. The van der Waals surface area contributed by atoms with Crippen molar-refractivity contribution in [3.63, 3.8) is 0 Å². The summed E-state index contributed by atoms with van der Waals surface area (Å²) in [6.45, 7) is 0.729. The molecule has 0 bridgehead atoms. The number of carbonyl (C=O) groups excluding carboxylic acids is 1. The third-order valence-corrected chi connectivity index (χ3v) is 4.57. The maximum Gasteiger partial charge on any atom is 0.255 e. The number of ether oxygens (including phenoxy) is 1. The minimum Gasteiger partial charge on any atom is -0.497 e. The van der Waals surface area contributed by atoms with Gasteiger partial charge in [-0.3, -0.25) is 4.79 Å². The van der Waals surface area contributed by atoms with Crippen LogP contribution in [0.3, 0.4) is 0 Å². The van der Waals surface area contributed by atoms with Crippen molar-refractivity contribution in [2.45, 2.75) is 12.8 Å². The Morgan fingerprint density at radius 2 is 2.00 bits per heavy atom. The summed E-state index contributed by atoms with van der Waals surface area (Å²) in [5.74, 6) is 1.28. The van der Waals surface area contributed by atoms with Gasteiger partial charge in [0.05, 0.1) is 18.4 Å². The third kappa shape index (κ3) is 3.47. The first kappa shape index (κ1) is 16.4. The number of nitrogens with zero attached hydrogens (tertiary/aromatic N) is 2. The number of amides is 1. The third-order valence-electron chi connectivity index (χ3n) is 4.57. The lowest BCUT2D eigenvalue weighted by Gasteiger charge is -2.06. The molecule has 26 heavy (non-hydrogen) atoms. The lowest BCUT2D eigenvalue weighted by Crippen LogP contribution is -2.25. The van der Waals surface area contributed by atoms with Crippen molar-refractivity contribution in [2.75, 3.05) is 13.7 Å². The summed E-state index contributed by atoms with van der Waals surface area (Å²) in [5, 5.41) is 7.73. The SMILES string of the molecule is COc1cccc(-c2nn(-c3ccccc3)cc2C(=O)NCC2CC2)c1. The summed E-state index contributed by atoms with van der Waals surface area (Å²) in [6.07, 6.45) is 4.20. The first-order valence-electron chi connectivity index (χ1n) is 8.82. The molecular weight excluding hydrogens is 326 g/mol. The quantitative estimate of drug-likeness (QED) is 0.740. The van der Waals surface area contributed by atoms with Crippen LogP contribution in [0, 0.1) is 5.92 Å². The van der Waals surface area contributed by atoms with Crippen LogP contribution in [0.25, 0.3) is 16.9 Å². The van der Waals surface area contributed by atoms with Gasteiger partial charge in [-0.2, -0.15) is 5.10 Å². The molecule has 1 amide bonds. The molecule has 4 rings (SSSR count). The van der Waals surface area contributed by atoms with Gasteiger partial charge in [-0.15, -0.1) is 0 Å². The largest absolute Gasteiger partial charge is 0.497 e. The fourth-order valence-electron chi connectivity index (χ4n) is 2.89. The molecule has 1 aromatic heterocycles. The Hall–Kier alpha value is -3.08. The van der Waals surface area contributed by atoms with E-state index >= 15 is 0 Å². The zero-order valence-electron chi connectivity index (χ0n) is 14.7. The summed E-state index contributed by atoms with van der Waals surface area (Å²) in [7, 11) is 1.63. The molecule has 5 heteroatoms. The molecule has 5 nitrogen and oxygen atoms in total. The smallest absolute Gasteiger partial charge is 0.255 e. The number of para-hydroxylation sites is 1. The predicted molar refractivity (Wildman–Crippen MR) is 101 cm³/mol. The van der Waals surface area contributed by atoms with Gasteiger partial charge >= 0.3 is 0 Å². The first-order chi connectivity index (χ1) is 12.7. The van der Waals surface area contributed by atoms with Gasteiger partial charge in [0.2, 0.25) is 0 Å².